The molecule has 8 heteroatoms. The van der Waals surface area contributed by atoms with Crippen LogP contribution >= 0.6 is 0 Å². The first kappa shape index (κ1) is 21.3. The highest BCUT2D eigenvalue weighted by molar-refractivity contribution is 5.98. The van der Waals surface area contributed by atoms with Crippen molar-refractivity contribution in [2.24, 2.45) is 0 Å². The van der Waals surface area contributed by atoms with E-state index in [4.69, 9.17) is 9.47 Å². The van der Waals surface area contributed by atoms with Gasteiger partial charge in [-0.3, -0.25) is 9.59 Å². The van der Waals surface area contributed by atoms with Crippen LogP contribution in [0.15, 0.2) is 54.9 Å². The second kappa shape index (κ2) is 8.78. The average Bonchev–Trinajstić information content (AvgIpc) is 3.30. The minimum atomic E-state index is -0.366. The molecule has 0 saturated carbocycles. The fourth-order valence-corrected chi connectivity index (χ4v) is 4.88. The SMILES string of the molecule is COc1ccc(C2CC3C(=O)N(CC(=O)N4CCCc5ccccc54)C=CN3N2)cc1OC. The number of nitrogens with one attached hydrogen (secondary N) is 1. The molecule has 3 aliphatic heterocycles. The predicted octanol–water partition coefficient (Wildman–Crippen LogP) is 2.62. The van der Waals surface area contributed by atoms with Crippen LogP contribution in [0, 0.1) is 0 Å². The van der Waals surface area contributed by atoms with Crippen molar-refractivity contribution in [3.8, 4) is 11.5 Å². The Morgan fingerprint density at radius 2 is 1.91 bits per heavy atom. The number of amides is 2. The largest absolute Gasteiger partial charge is 0.493 e. The van der Waals surface area contributed by atoms with Crippen molar-refractivity contribution in [1.29, 1.82) is 0 Å². The Morgan fingerprint density at radius 1 is 1.09 bits per heavy atom. The number of nitrogens with zero attached hydrogens (tertiary/aromatic N) is 3. The molecule has 8 nitrogen and oxygen atoms in total. The molecule has 0 aromatic heterocycles. The van der Waals surface area contributed by atoms with Crippen LogP contribution in [-0.2, 0) is 16.0 Å². The number of carbonyl (C=O) groups is 2. The summed E-state index contributed by atoms with van der Waals surface area (Å²) in [6, 6.07) is 13.4. The molecule has 33 heavy (non-hydrogen) atoms. The van der Waals surface area contributed by atoms with Gasteiger partial charge in [0.15, 0.2) is 11.5 Å². The molecule has 5 rings (SSSR count). The fraction of sp³-hybridized carbons (Fsp3) is 0.360. The molecule has 1 saturated heterocycles. The minimum Gasteiger partial charge on any atom is -0.493 e. The van der Waals surface area contributed by atoms with E-state index in [0.717, 1.165) is 24.1 Å². The molecular weight excluding hydrogens is 420 g/mol. The minimum absolute atomic E-state index is 0.0367. The van der Waals surface area contributed by atoms with Crippen molar-refractivity contribution in [2.75, 3.05) is 32.2 Å². The first-order chi connectivity index (χ1) is 16.1. The van der Waals surface area contributed by atoms with E-state index in [1.165, 1.54) is 5.56 Å². The Labute approximate surface area is 193 Å². The Bertz CT molecular complexity index is 1100. The van der Waals surface area contributed by atoms with Gasteiger partial charge in [-0.15, -0.1) is 0 Å². The second-order valence-electron chi connectivity index (χ2n) is 8.50. The van der Waals surface area contributed by atoms with E-state index in [0.29, 0.717) is 24.5 Å². The molecule has 2 aromatic rings. The third-order valence-corrected chi connectivity index (χ3v) is 6.60. The topological polar surface area (TPSA) is 74.4 Å². The Kier molecular flexibility index (Phi) is 5.68. The van der Waals surface area contributed by atoms with Crippen LogP contribution in [0.3, 0.4) is 0 Å². The van der Waals surface area contributed by atoms with Gasteiger partial charge in [0, 0.05) is 24.6 Å². The molecule has 2 amide bonds. The molecule has 1 N–H and O–H groups in total. The second-order valence-corrected chi connectivity index (χ2v) is 8.50. The normalized spacial score (nSPS) is 21.6. The summed E-state index contributed by atoms with van der Waals surface area (Å²) in [5.41, 5.74) is 6.54. The molecule has 172 valence electrons. The van der Waals surface area contributed by atoms with Gasteiger partial charge in [-0.1, -0.05) is 24.3 Å². The van der Waals surface area contributed by atoms with Crippen molar-refractivity contribution >= 4 is 17.5 Å². The Morgan fingerprint density at radius 3 is 2.73 bits per heavy atom. The highest BCUT2D eigenvalue weighted by Crippen LogP contribution is 2.35. The average molecular weight is 449 g/mol. The van der Waals surface area contributed by atoms with Gasteiger partial charge < -0.3 is 24.3 Å². The Hall–Kier alpha value is -3.52. The van der Waals surface area contributed by atoms with E-state index in [1.807, 2.05) is 52.5 Å². The molecule has 3 aliphatic rings. The lowest BCUT2D eigenvalue weighted by molar-refractivity contribution is -0.137. The summed E-state index contributed by atoms with van der Waals surface area (Å²) in [5.74, 6) is 1.18. The van der Waals surface area contributed by atoms with E-state index in [-0.39, 0.29) is 30.4 Å². The van der Waals surface area contributed by atoms with E-state index in [9.17, 15) is 9.59 Å². The molecule has 2 unspecified atom stereocenters. The van der Waals surface area contributed by atoms with Crippen LogP contribution in [0.4, 0.5) is 5.69 Å². The van der Waals surface area contributed by atoms with Crippen molar-refractivity contribution in [2.45, 2.75) is 31.3 Å². The summed E-state index contributed by atoms with van der Waals surface area (Å²) in [4.78, 5) is 29.7. The summed E-state index contributed by atoms with van der Waals surface area (Å²) in [6.45, 7) is 0.717. The number of hydrazine groups is 1. The standard InChI is InChI=1S/C25H28N4O4/c1-32-22-10-9-18(14-23(22)33-2)19-15-21-25(31)27(12-13-29(21)26-19)16-24(30)28-11-5-7-17-6-3-4-8-20(17)28/h3-4,6,8-10,12-14,19,21,26H,5,7,11,15-16H2,1-2H3. The fourth-order valence-electron chi connectivity index (χ4n) is 4.88. The quantitative estimate of drug-likeness (QED) is 0.758. The lowest BCUT2D eigenvalue weighted by Gasteiger charge is -2.34. The monoisotopic (exact) mass is 448 g/mol. The smallest absolute Gasteiger partial charge is 0.251 e. The zero-order chi connectivity index (χ0) is 22.9. The van der Waals surface area contributed by atoms with Crippen LogP contribution in [0.1, 0.15) is 30.0 Å². The third kappa shape index (κ3) is 3.91. The summed E-state index contributed by atoms with van der Waals surface area (Å²) in [6.07, 6.45) is 6.03. The maximum absolute atomic E-state index is 13.2. The van der Waals surface area contributed by atoms with E-state index in [1.54, 1.807) is 25.3 Å². The number of hydrogen-bond acceptors (Lipinski definition) is 6. The number of fused-ring (bicyclic) bond motifs is 2. The maximum Gasteiger partial charge on any atom is 0.251 e. The van der Waals surface area contributed by atoms with Gasteiger partial charge in [-0.2, -0.15) is 0 Å². The molecule has 0 spiro atoms. The van der Waals surface area contributed by atoms with Gasteiger partial charge >= 0.3 is 0 Å². The van der Waals surface area contributed by atoms with Crippen LogP contribution in [0.5, 0.6) is 11.5 Å². The predicted molar refractivity (Wildman–Crippen MR) is 124 cm³/mol. The summed E-state index contributed by atoms with van der Waals surface area (Å²) >= 11 is 0. The number of benzene rings is 2. The molecular formula is C25H28N4O4. The molecule has 0 aliphatic carbocycles. The van der Waals surface area contributed by atoms with E-state index in [2.05, 4.69) is 11.5 Å². The van der Waals surface area contributed by atoms with Crippen molar-refractivity contribution in [3.05, 3.63) is 66.0 Å². The molecule has 3 heterocycles. The van der Waals surface area contributed by atoms with Gasteiger partial charge in [0.2, 0.25) is 5.91 Å². The summed E-state index contributed by atoms with van der Waals surface area (Å²) < 4.78 is 10.7. The summed E-state index contributed by atoms with van der Waals surface area (Å²) in [5, 5.41) is 1.83. The highest BCUT2D eigenvalue weighted by Gasteiger charge is 2.41. The van der Waals surface area contributed by atoms with Crippen LogP contribution in [0.2, 0.25) is 0 Å². The molecule has 1 fully saturated rings. The van der Waals surface area contributed by atoms with Crippen molar-refractivity contribution < 1.29 is 19.1 Å². The lowest BCUT2D eigenvalue weighted by atomic mass is 10.00. The number of anilines is 1. The zero-order valence-electron chi connectivity index (χ0n) is 18.9. The molecule has 2 atom stereocenters. The number of hydrogen-bond donors (Lipinski definition) is 1. The van der Waals surface area contributed by atoms with E-state index >= 15 is 0 Å². The Balaban J connectivity index is 1.28. The third-order valence-electron chi connectivity index (χ3n) is 6.60. The van der Waals surface area contributed by atoms with Gasteiger partial charge in [0.25, 0.3) is 5.91 Å². The van der Waals surface area contributed by atoms with Crippen LogP contribution in [-0.4, -0.2) is 55.1 Å². The number of carbonyl (C=O) groups excluding carboxylic acids is 2. The summed E-state index contributed by atoms with van der Waals surface area (Å²) in [7, 11) is 3.21. The number of ether oxygens (including phenoxy) is 2. The first-order valence-electron chi connectivity index (χ1n) is 11.2. The first-order valence-corrected chi connectivity index (χ1v) is 11.2. The number of rotatable bonds is 5. The van der Waals surface area contributed by atoms with E-state index < -0.39 is 0 Å². The molecule has 0 bridgehead atoms. The molecule has 0 radical (unpaired) electrons. The number of aryl methyl sites for hydroxylation is 1. The van der Waals surface area contributed by atoms with Gasteiger partial charge in [0.05, 0.1) is 20.3 Å². The molecule has 2 aromatic carbocycles. The van der Waals surface area contributed by atoms with Crippen LogP contribution in [0.25, 0.3) is 0 Å². The zero-order valence-corrected chi connectivity index (χ0v) is 18.9. The van der Waals surface area contributed by atoms with Crippen LogP contribution < -0.4 is 19.8 Å². The van der Waals surface area contributed by atoms with Crippen molar-refractivity contribution in [3.63, 3.8) is 0 Å². The van der Waals surface area contributed by atoms with Gasteiger partial charge in [-0.25, -0.2) is 5.43 Å². The highest BCUT2D eigenvalue weighted by atomic mass is 16.5. The number of para-hydroxylation sites is 1. The van der Waals surface area contributed by atoms with Gasteiger partial charge in [0.1, 0.15) is 12.6 Å². The van der Waals surface area contributed by atoms with Crippen molar-refractivity contribution in [1.82, 2.24) is 15.3 Å². The lowest BCUT2D eigenvalue weighted by Crippen LogP contribution is -2.51. The number of methoxy groups -OCH3 is 2. The maximum atomic E-state index is 13.2. The van der Waals surface area contributed by atoms with Gasteiger partial charge in [-0.05, 0) is 48.6 Å².